The van der Waals surface area contributed by atoms with Crippen LogP contribution >= 0.6 is 0 Å². The molecule has 1 saturated carbocycles. The molecule has 1 fully saturated rings. The van der Waals surface area contributed by atoms with E-state index in [0.717, 1.165) is 36.5 Å². The molecule has 0 radical (unpaired) electrons. The molecular weight excluding hydrogens is 253 g/mol. The Bertz CT molecular complexity index is 504. The molecule has 1 aliphatic carbocycles. The van der Waals surface area contributed by atoms with Gasteiger partial charge >= 0.3 is 0 Å². The first-order valence-corrected chi connectivity index (χ1v) is 7.69. The first-order valence-electron chi connectivity index (χ1n) is 7.69. The minimum absolute atomic E-state index is 0.111. The lowest BCUT2D eigenvalue weighted by molar-refractivity contribution is -0.0318. The van der Waals surface area contributed by atoms with Crippen LogP contribution in [0, 0.1) is 17.7 Å². The number of hydrogen-bond donors (Lipinski definition) is 1. The first kappa shape index (κ1) is 13.9. The van der Waals surface area contributed by atoms with E-state index in [1.54, 1.807) is 6.07 Å². The van der Waals surface area contributed by atoms with Gasteiger partial charge < -0.3 is 10.1 Å². The second kappa shape index (κ2) is 5.03. The number of nitrogens with one attached hydrogen (secondary N) is 1. The molecule has 0 aromatic heterocycles. The van der Waals surface area contributed by atoms with E-state index >= 15 is 0 Å². The predicted molar refractivity (Wildman–Crippen MR) is 78.4 cm³/mol. The summed E-state index contributed by atoms with van der Waals surface area (Å²) >= 11 is 0. The molecule has 20 heavy (non-hydrogen) atoms. The van der Waals surface area contributed by atoms with Gasteiger partial charge in [0.2, 0.25) is 0 Å². The Morgan fingerprint density at radius 3 is 2.75 bits per heavy atom. The molecule has 4 unspecified atom stereocenters. The maximum absolute atomic E-state index is 13.5. The van der Waals surface area contributed by atoms with Gasteiger partial charge in [-0.05, 0) is 44.2 Å². The van der Waals surface area contributed by atoms with Gasteiger partial charge in [0.1, 0.15) is 17.2 Å². The van der Waals surface area contributed by atoms with Crippen LogP contribution in [0.15, 0.2) is 18.2 Å². The van der Waals surface area contributed by atoms with Gasteiger partial charge in [-0.3, -0.25) is 0 Å². The highest BCUT2D eigenvalue weighted by molar-refractivity contribution is 5.39. The fourth-order valence-corrected chi connectivity index (χ4v) is 3.84. The summed E-state index contributed by atoms with van der Waals surface area (Å²) in [5.74, 6) is 1.94. The van der Waals surface area contributed by atoms with Crippen LogP contribution in [0.3, 0.4) is 0 Å². The summed E-state index contributed by atoms with van der Waals surface area (Å²) in [6.07, 6.45) is 4.33. The Morgan fingerprint density at radius 2 is 2.05 bits per heavy atom. The molecule has 110 valence electrons. The van der Waals surface area contributed by atoms with Gasteiger partial charge in [0.25, 0.3) is 0 Å². The molecule has 3 heteroatoms. The van der Waals surface area contributed by atoms with Crippen LogP contribution in [0.25, 0.3) is 0 Å². The van der Waals surface area contributed by atoms with Crippen LogP contribution in [0.5, 0.6) is 5.75 Å². The third kappa shape index (κ3) is 2.32. The van der Waals surface area contributed by atoms with Crippen molar-refractivity contribution in [3.8, 4) is 5.75 Å². The van der Waals surface area contributed by atoms with Crippen LogP contribution in [0.2, 0.25) is 0 Å². The Morgan fingerprint density at radius 1 is 1.25 bits per heavy atom. The summed E-state index contributed by atoms with van der Waals surface area (Å²) in [6, 6.07) is 5.19. The number of halogens is 1. The highest BCUT2D eigenvalue weighted by Gasteiger charge is 2.44. The summed E-state index contributed by atoms with van der Waals surface area (Å²) in [6.45, 7) is 4.63. The van der Waals surface area contributed by atoms with Crippen molar-refractivity contribution in [3.63, 3.8) is 0 Å². The smallest absolute Gasteiger partial charge is 0.127 e. The number of fused-ring (bicyclic) bond motifs is 1. The second-order valence-electron chi connectivity index (χ2n) is 6.71. The average molecular weight is 277 g/mol. The van der Waals surface area contributed by atoms with Gasteiger partial charge in [-0.25, -0.2) is 4.39 Å². The maximum Gasteiger partial charge on any atom is 0.127 e. The van der Waals surface area contributed by atoms with E-state index < -0.39 is 0 Å². The van der Waals surface area contributed by atoms with Crippen LogP contribution in [-0.4, -0.2) is 12.6 Å². The Hall–Kier alpha value is -1.09. The molecule has 0 amide bonds. The van der Waals surface area contributed by atoms with E-state index in [1.807, 2.05) is 13.1 Å². The SMILES string of the molecule is CNC1CC2(CCC(C)C(C)C2)Oc2cc(F)ccc21. The summed E-state index contributed by atoms with van der Waals surface area (Å²) in [5, 5.41) is 3.37. The molecule has 0 saturated heterocycles. The van der Waals surface area contributed by atoms with Crippen LogP contribution in [0.1, 0.15) is 51.1 Å². The molecule has 0 bridgehead atoms. The molecule has 1 aromatic rings. The minimum Gasteiger partial charge on any atom is -0.487 e. The van der Waals surface area contributed by atoms with Crippen LogP contribution < -0.4 is 10.1 Å². The third-order valence-corrected chi connectivity index (χ3v) is 5.32. The number of benzene rings is 1. The van der Waals surface area contributed by atoms with E-state index in [-0.39, 0.29) is 17.5 Å². The highest BCUT2D eigenvalue weighted by Crippen LogP contribution is 2.48. The minimum atomic E-state index is -0.215. The zero-order chi connectivity index (χ0) is 14.3. The van der Waals surface area contributed by atoms with Gasteiger partial charge in [0, 0.05) is 24.1 Å². The Balaban J connectivity index is 1.93. The lowest BCUT2D eigenvalue weighted by atomic mass is 9.69. The topological polar surface area (TPSA) is 21.3 Å². The quantitative estimate of drug-likeness (QED) is 0.835. The van der Waals surface area contributed by atoms with E-state index in [0.29, 0.717) is 5.92 Å². The highest BCUT2D eigenvalue weighted by atomic mass is 19.1. The molecule has 1 N–H and O–H groups in total. The van der Waals surface area contributed by atoms with Gasteiger partial charge in [-0.1, -0.05) is 19.9 Å². The molecular formula is C17H24FNO. The van der Waals surface area contributed by atoms with Gasteiger partial charge in [0.15, 0.2) is 0 Å². The largest absolute Gasteiger partial charge is 0.487 e. The van der Waals surface area contributed by atoms with Crippen molar-refractivity contribution in [3.05, 3.63) is 29.6 Å². The molecule has 2 aliphatic rings. The maximum atomic E-state index is 13.5. The Labute approximate surface area is 120 Å². The van der Waals surface area contributed by atoms with Crippen molar-refractivity contribution in [2.75, 3.05) is 7.05 Å². The molecule has 4 atom stereocenters. The van der Waals surface area contributed by atoms with Crippen LogP contribution in [0.4, 0.5) is 4.39 Å². The Kier molecular flexibility index (Phi) is 3.49. The third-order valence-electron chi connectivity index (χ3n) is 5.32. The molecule has 1 spiro atoms. The van der Waals surface area contributed by atoms with Crippen molar-refractivity contribution in [1.82, 2.24) is 5.32 Å². The predicted octanol–water partition coefficient (Wildman–Crippen LogP) is 4.06. The second-order valence-corrected chi connectivity index (χ2v) is 6.71. The number of rotatable bonds is 1. The van der Waals surface area contributed by atoms with Crippen molar-refractivity contribution in [2.45, 2.75) is 51.2 Å². The van der Waals surface area contributed by atoms with Crippen molar-refractivity contribution in [2.24, 2.45) is 11.8 Å². The van der Waals surface area contributed by atoms with Gasteiger partial charge in [0.05, 0.1) is 0 Å². The van der Waals surface area contributed by atoms with E-state index in [1.165, 1.54) is 12.5 Å². The molecule has 3 rings (SSSR count). The van der Waals surface area contributed by atoms with Gasteiger partial charge in [-0.15, -0.1) is 0 Å². The van der Waals surface area contributed by atoms with E-state index in [4.69, 9.17) is 4.74 Å². The first-order chi connectivity index (χ1) is 9.53. The van der Waals surface area contributed by atoms with Gasteiger partial charge in [-0.2, -0.15) is 0 Å². The summed E-state index contributed by atoms with van der Waals surface area (Å²) in [4.78, 5) is 0. The summed E-state index contributed by atoms with van der Waals surface area (Å²) in [7, 11) is 1.98. The van der Waals surface area contributed by atoms with Crippen molar-refractivity contribution in [1.29, 1.82) is 0 Å². The van der Waals surface area contributed by atoms with Crippen LogP contribution in [-0.2, 0) is 0 Å². The summed E-state index contributed by atoms with van der Waals surface area (Å²) in [5.41, 5.74) is 0.978. The lowest BCUT2D eigenvalue weighted by Crippen LogP contribution is -2.48. The monoisotopic (exact) mass is 277 g/mol. The zero-order valence-corrected chi connectivity index (χ0v) is 12.6. The lowest BCUT2D eigenvalue weighted by Gasteiger charge is -2.47. The molecule has 2 nitrogen and oxygen atoms in total. The fourth-order valence-electron chi connectivity index (χ4n) is 3.84. The average Bonchev–Trinajstić information content (AvgIpc) is 2.42. The normalized spacial score (nSPS) is 36.5. The van der Waals surface area contributed by atoms with E-state index in [9.17, 15) is 4.39 Å². The number of hydrogen-bond acceptors (Lipinski definition) is 2. The van der Waals surface area contributed by atoms with E-state index in [2.05, 4.69) is 19.2 Å². The van der Waals surface area contributed by atoms with Crippen molar-refractivity contribution < 1.29 is 9.13 Å². The molecule has 1 heterocycles. The molecule has 1 aliphatic heterocycles. The molecule has 1 aromatic carbocycles. The fraction of sp³-hybridized carbons (Fsp3) is 0.647. The number of ether oxygens (including phenoxy) is 1. The summed E-state index contributed by atoms with van der Waals surface area (Å²) < 4.78 is 19.8. The van der Waals surface area contributed by atoms with Crippen molar-refractivity contribution >= 4 is 0 Å². The standard InChI is InChI=1S/C17H24FNO/c1-11-6-7-17(9-12(11)2)10-15(19-3)14-5-4-13(18)8-16(14)20-17/h4-5,8,11-12,15,19H,6-7,9-10H2,1-3H3. The zero-order valence-electron chi connectivity index (χ0n) is 12.6.